The predicted octanol–water partition coefficient (Wildman–Crippen LogP) is 1.54. The van der Waals surface area contributed by atoms with Crippen LogP contribution in [0.1, 0.15) is 5.56 Å². The average Bonchev–Trinajstić information content (AvgIpc) is 2.07. The van der Waals surface area contributed by atoms with Crippen molar-refractivity contribution in [3.8, 4) is 0 Å². The molecule has 0 aliphatic heterocycles. The highest BCUT2D eigenvalue weighted by Gasteiger charge is 1.90. The predicted molar refractivity (Wildman–Crippen MR) is 49.2 cm³/mol. The van der Waals surface area contributed by atoms with Crippen LogP contribution in [0.15, 0.2) is 43.1 Å². The number of nitrogens with one attached hydrogen (secondary N) is 1. The minimum atomic E-state index is 0.937. The van der Waals surface area contributed by atoms with E-state index in [1.54, 1.807) is 6.20 Å². The van der Waals surface area contributed by atoms with Crippen LogP contribution in [0.5, 0.6) is 0 Å². The van der Waals surface area contributed by atoms with Crippen LogP contribution >= 0.6 is 0 Å². The zero-order valence-corrected chi connectivity index (χ0v) is 6.46. The number of hydrogen-bond donors (Lipinski definition) is 1. The first-order valence-corrected chi connectivity index (χ1v) is 3.66. The molecule has 1 rings (SSSR count). The summed E-state index contributed by atoms with van der Waals surface area (Å²) in [6.07, 6.45) is 2.61. The van der Waals surface area contributed by atoms with Gasteiger partial charge < -0.3 is 5.23 Å². The highest BCUT2D eigenvalue weighted by Crippen LogP contribution is 1.96. The van der Waals surface area contributed by atoms with E-state index in [0.717, 1.165) is 6.32 Å². The molecule has 0 saturated heterocycles. The normalized spacial score (nSPS) is 8.73. The largest absolute Gasteiger partial charge is 0.438 e. The lowest BCUT2D eigenvalue weighted by Gasteiger charge is -1.97. The monoisotopic (exact) mass is 144 g/mol. The molecular formula is C9H11BN. The van der Waals surface area contributed by atoms with Crippen LogP contribution in [-0.4, -0.2) is 7.41 Å². The van der Waals surface area contributed by atoms with Crippen molar-refractivity contribution in [1.29, 1.82) is 0 Å². The summed E-state index contributed by atoms with van der Waals surface area (Å²) < 4.78 is 0. The molecule has 1 aromatic rings. The van der Waals surface area contributed by atoms with Gasteiger partial charge in [-0.15, -0.1) is 0 Å². The second kappa shape index (κ2) is 4.61. The first-order valence-electron chi connectivity index (χ1n) is 3.66. The molecule has 1 radical (unpaired) electrons. The van der Waals surface area contributed by atoms with Gasteiger partial charge in [-0.05, 0) is 12.5 Å². The maximum atomic E-state index is 3.55. The summed E-state index contributed by atoms with van der Waals surface area (Å²) in [5.41, 5.74) is 1.31. The molecule has 0 aromatic heterocycles. The van der Waals surface area contributed by atoms with E-state index in [9.17, 15) is 0 Å². The van der Waals surface area contributed by atoms with E-state index in [4.69, 9.17) is 0 Å². The van der Waals surface area contributed by atoms with Crippen molar-refractivity contribution in [3.05, 3.63) is 48.7 Å². The second-order valence-corrected chi connectivity index (χ2v) is 2.26. The third-order valence-electron chi connectivity index (χ3n) is 1.42. The van der Waals surface area contributed by atoms with Gasteiger partial charge >= 0.3 is 0 Å². The first-order chi connectivity index (χ1) is 5.43. The molecule has 0 heterocycles. The molecule has 0 spiro atoms. The maximum absolute atomic E-state index is 3.55. The number of benzene rings is 1. The quantitative estimate of drug-likeness (QED) is 0.499. The Bertz CT molecular complexity index is 208. The molecule has 0 bridgehead atoms. The maximum Gasteiger partial charge on any atom is 0.247 e. The number of hydrogen-bond acceptors (Lipinski definition) is 1. The van der Waals surface area contributed by atoms with Crippen molar-refractivity contribution in [3.63, 3.8) is 0 Å². The van der Waals surface area contributed by atoms with Crippen molar-refractivity contribution in [1.82, 2.24) is 5.23 Å². The van der Waals surface area contributed by atoms with Gasteiger partial charge in [0.15, 0.2) is 0 Å². The molecule has 1 nitrogen and oxygen atoms in total. The van der Waals surface area contributed by atoms with Gasteiger partial charge in [0.2, 0.25) is 7.41 Å². The van der Waals surface area contributed by atoms with E-state index in [2.05, 4.69) is 23.9 Å². The van der Waals surface area contributed by atoms with Crippen molar-refractivity contribution >= 4 is 7.41 Å². The smallest absolute Gasteiger partial charge is 0.247 e. The van der Waals surface area contributed by atoms with Gasteiger partial charge in [-0.1, -0.05) is 42.5 Å². The Morgan fingerprint density at radius 2 is 2.09 bits per heavy atom. The lowest BCUT2D eigenvalue weighted by molar-refractivity contribution is 1.28. The zero-order chi connectivity index (χ0) is 7.94. The molecule has 55 valence electrons. The molecule has 1 N–H and O–H groups in total. The molecular weight excluding hydrogens is 133 g/mol. The second-order valence-electron chi connectivity index (χ2n) is 2.26. The molecule has 0 fully saturated rings. The molecule has 0 unspecified atom stereocenters. The van der Waals surface area contributed by atoms with Gasteiger partial charge in [-0.2, -0.15) is 0 Å². The van der Waals surface area contributed by atoms with E-state index < -0.39 is 0 Å². The van der Waals surface area contributed by atoms with Crippen LogP contribution < -0.4 is 5.23 Å². The molecule has 0 amide bonds. The van der Waals surface area contributed by atoms with Gasteiger partial charge in [0.25, 0.3) is 0 Å². The molecule has 0 aliphatic carbocycles. The lowest BCUT2D eigenvalue weighted by Crippen LogP contribution is -2.13. The van der Waals surface area contributed by atoms with Gasteiger partial charge in [-0.3, -0.25) is 0 Å². The van der Waals surface area contributed by atoms with Crippen LogP contribution in [0.2, 0.25) is 0 Å². The van der Waals surface area contributed by atoms with Gasteiger partial charge in [0.05, 0.1) is 0 Å². The Balaban J connectivity index is 2.33. The fraction of sp³-hybridized carbons (Fsp3) is 0.111. The zero-order valence-electron chi connectivity index (χ0n) is 6.46. The van der Waals surface area contributed by atoms with Crippen LogP contribution in [0.3, 0.4) is 0 Å². The van der Waals surface area contributed by atoms with E-state index in [-0.39, 0.29) is 0 Å². The summed E-state index contributed by atoms with van der Waals surface area (Å²) in [4.78, 5) is 0. The highest BCUT2D eigenvalue weighted by molar-refractivity contribution is 6.32. The van der Waals surface area contributed by atoms with E-state index >= 15 is 0 Å². The van der Waals surface area contributed by atoms with Gasteiger partial charge in [0.1, 0.15) is 0 Å². The SMILES string of the molecule is C=CN[B]Cc1ccccc1. The van der Waals surface area contributed by atoms with Crippen LogP contribution in [0, 0.1) is 0 Å². The summed E-state index contributed by atoms with van der Waals surface area (Å²) in [6, 6.07) is 10.3. The minimum Gasteiger partial charge on any atom is -0.438 e. The molecule has 0 aliphatic rings. The third-order valence-corrected chi connectivity index (χ3v) is 1.42. The molecule has 2 heteroatoms. The molecule has 0 saturated carbocycles. The molecule has 1 aromatic carbocycles. The lowest BCUT2D eigenvalue weighted by atomic mass is 9.85. The van der Waals surface area contributed by atoms with Gasteiger partial charge in [-0.25, -0.2) is 0 Å². The van der Waals surface area contributed by atoms with E-state index in [1.807, 2.05) is 25.6 Å². The molecule has 11 heavy (non-hydrogen) atoms. The van der Waals surface area contributed by atoms with Crippen molar-refractivity contribution < 1.29 is 0 Å². The summed E-state index contributed by atoms with van der Waals surface area (Å²) in [7, 11) is 1.97. The summed E-state index contributed by atoms with van der Waals surface area (Å²) in [6.45, 7) is 3.55. The first kappa shape index (κ1) is 7.93. The standard InChI is InChI=1S/C9H11BN/c1-2-11-10-8-9-6-4-3-5-7-9/h2-7,11H,1,8H2. The fourth-order valence-corrected chi connectivity index (χ4v) is 0.874. The average molecular weight is 144 g/mol. The van der Waals surface area contributed by atoms with E-state index in [1.165, 1.54) is 5.56 Å². The Labute approximate surface area is 68.4 Å². The summed E-state index contributed by atoms with van der Waals surface area (Å²) >= 11 is 0. The summed E-state index contributed by atoms with van der Waals surface area (Å²) in [5, 5.41) is 2.94. The summed E-state index contributed by atoms with van der Waals surface area (Å²) in [5.74, 6) is 0. The van der Waals surface area contributed by atoms with Crippen molar-refractivity contribution in [2.24, 2.45) is 0 Å². The topological polar surface area (TPSA) is 12.0 Å². The van der Waals surface area contributed by atoms with Crippen LogP contribution in [0.25, 0.3) is 0 Å². The van der Waals surface area contributed by atoms with Crippen molar-refractivity contribution in [2.45, 2.75) is 6.32 Å². The van der Waals surface area contributed by atoms with Crippen LogP contribution in [0.4, 0.5) is 0 Å². The van der Waals surface area contributed by atoms with Crippen molar-refractivity contribution in [2.75, 3.05) is 0 Å². The number of rotatable bonds is 4. The van der Waals surface area contributed by atoms with Gasteiger partial charge in [0, 0.05) is 0 Å². The minimum absolute atomic E-state index is 0.937. The Hall–Kier alpha value is -1.18. The molecule has 0 atom stereocenters. The highest BCUT2D eigenvalue weighted by atomic mass is 14.7. The third kappa shape index (κ3) is 2.94. The van der Waals surface area contributed by atoms with E-state index in [0.29, 0.717) is 0 Å². The van der Waals surface area contributed by atoms with Crippen LogP contribution in [-0.2, 0) is 6.32 Å². The Morgan fingerprint density at radius 1 is 1.36 bits per heavy atom. The Kier molecular flexibility index (Phi) is 3.32. The Morgan fingerprint density at radius 3 is 2.73 bits per heavy atom. The fourth-order valence-electron chi connectivity index (χ4n) is 0.874.